The normalized spacial score (nSPS) is 10.7. The van der Waals surface area contributed by atoms with Crippen LogP contribution in [0.4, 0.5) is 0 Å². The van der Waals surface area contributed by atoms with E-state index < -0.39 is 12.0 Å². The van der Waals surface area contributed by atoms with Crippen molar-refractivity contribution in [2.24, 2.45) is 5.73 Å². The van der Waals surface area contributed by atoms with Crippen molar-refractivity contribution in [2.45, 2.75) is 47.6 Å². The average Bonchev–Trinajstić information content (AvgIpc) is 2.51. The van der Waals surface area contributed by atoms with Gasteiger partial charge < -0.3 is 15.6 Å². The Hall–Kier alpha value is -0.307. The first-order chi connectivity index (χ1) is 8.20. The van der Waals surface area contributed by atoms with E-state index in [0.717, 1.165) is 0 Å². The molecular weight excluding hydrogens is 341 g/mol. The van der Waals surface area contributed by atoms with Gasteiger partial charge in [0.25, 0.3) is 0 Å². The fourth-order valence-corrected chi connectivity index (χ4v) is 1.41. The third-order valence-corrected chi connectivity index (χ3v) is 3.18. The van der Waals surface area contributed by atoms with Gasteiger partial charge in [-0.3, -0.25) is 0 Å². The van der Waals surface area contributed by atoms with Gasteiger partial charge in [-0.1, -0.05) is 34.6 Å². The Kier molecular flexibility index (Phi) is 10.7. The molecule has 0 spiro atoms. The summed E-state index contributed by atoms with van der Waals surface area (Å²) in [5.74, 6) is -1.21. The van der Waals surface area contributed by atoms with Crippen molar-refractivity contribution >= 4 is 15.7 Å². The van der Waals surface area contributed by atoms with Gasteiger partial charge >= 0.3 is 27.0 Å². The number of rotatable bonds is 1. The Bertz CT molecular complexity index is 307. The van der Waals surface area contributed by atoms with Crippen LogP contribution in [-0.2, 0) is 22.1 Å². The summed E-state index contributed by atoms with van der Waals surface area (Å²) in [5, 5.41) is 9.46. The molecule has 0 aliphatic rings. The van der Waals surface area contributed by atoms with Crippen molar-refractivity contribution in [1.29, 1.82) is 0 Å². The summed E-state index contributed by atoms with van der Waals surface area (Å²) in [6.45, 7) is 12.4. The van der Waals surface area contributed by atoms with E-state index in [9.17, 15) is 9.90 Å². The van der Waals surface area contributed by atoms with Crippen LogP contribution in [0.25, 0.3) is 0 Å². The van der Waals surface area contributed by atoms with E-state index in [2.05, 4.69) is 44.3 Å². The summed E-state index contributed by atoms with van der Waals surface area (Å²) >= 11 is 2.02. The molecule has 2 N–H and O–H groups in total. The van der Waals surface area contributed by atoms with Crippen LogP contribution in [-0.4, -0.2) is 12.0 Å². The minimum absolute atomic E-state index is 0.843. The van der Waals surface area contributed by atoms with Gasteiger partial charge in [0.15, 0.2) is 0 Å². The molecule has 1 atom stereocenters. The van der Waals surface area contributed by atoms with Crippen molar-refractivity contribution in [2.75, 3.05) is 0 Å². The maximum absolute atomic E-state index is 9.46. The topological polar surface area (TPSA) is 66.2 Å². The average molecular weight is 362 g/mol. The van der Waals surface area contributed by atoms with Crippen LogP contribution in [0.2, 0.25) is 0 Å². The number of nitrogens with two attached hydrogens (primary N) is 1. The number of carbonyl (C=O) groups is 1. The van der Waals surface area contributed by atoms with Gasteiger partial charge in [-0.15, -0.1) is 0 Å². The van der Waals surface area contributed by atoms with Crippen molar-refractivity contribution in [1.82, 2.24) is 0 Å². The first kappa shape index (κ1) is 20.0. The Morgan fingerprint density at radius 2 is 1.44 bits per heavy atom. The molecule has 3 nitrogen and oxygen atoms in total. The Labute approximate surface area is 124 Å². The molecule has 0 aromatic heterocycles. The van der Waals surface area contributed by atoms with Gasteiger partial charge in [0.05, 0.1) is 5.97 Å². The third kappa shape index (κ3) is 6.04. The first-order valence-electron chi connectivity index (χ1n) is 5.48. The minimum atomic E-state index is -1.21. The van der Waals surface area contributed by atoms with E-state index in [0.29, 0.717) is 0 Å². The SMILES string of the molecule is C[C@H](N)C(=O)[O-].Cc1c(C)c(C)[c-](C)c1C.[Cl][Rh+2]. The van der Waals surface area contributed by atoms with Gasteiger partial charge in [0.1, 0.15) is 0 Å². The molecule has 0 aliphatic carbocycles. The Morgan fingerprint density at radius 1 is 1.22 bits per heavy atom. The van der Waals surface area contributed by atoms with Crippen molar-refractivity contribution in [3.05, 3.63) is 27.8 Å². The van der Waals surface area contributed by atoms with E-state index in [-0.39, 0.29) is 0 Å². The molecule has 1 aromatic rings. The molecule has 0 unspecified atom stereocenters. The molecule has 106 valence electrons. The second-order valence-corrected chi connectivity index (χ2v) is 4.23. The molecule has 0 aliphatic heterocycles. The van der Waals surface area contributed by atoms with Gasteiger partial charge in [-0.25, -0.2) is 0 Å². The number of carbonyl (C=O) groups excluding carboxylic acids is 1. The predicted octanol–water partition coefficient (Wildman–Crippen LogP) is 1.72. The van der Waals surface area contributed by atoms with E-state index in [1.54, 1.807) is 0 Å². The summed E-state index contributed by atoms with van der Waals surface area (Å²) in [5.41, 5.74) is 12.1. The summed E-state index contributed by atoms with van der Waals surface area (Å²) in [6, 6.07) is -0.843. The van der Waals surface area contributed by atoms with Crippen LogP contribution in [0.15, 0.2) is 0 Å². The van der Waals surface area contributed by atoms with Gasteiger partial charge in [-0.05, 0) is 6.92 Å². The van der Waals surface area contributed by atoms with E-state index in [1.165, 1.54) is 34.7 Å². The number of hydrogen-bond acceptors (Lipinski definition) is 3. The molecule has 0 heterocycles. The Balaban J connectivity index is 0. The van der Waals surface area contributed by atoms with Crippen LogP contribution in [0.5, 0.6) is 0 Å². The van der Waals surface area contributed by atoms with E-state index in [1.807, 2.05) is 17.3 Å². The maximum atomic E-state index is 9.46. The molecule has 0 bridgehead atoms. The van der Waals surface area contributed by atoms with Crippen molar-refractivity contribution in [3.8, 4) is 0 Å². The van der Waals surface area contributed by atoms with Crippen LogP contribution in [0.1, 0.15) is 34.7 Å². The Morgan fingerprint density at radius 3 is 1.50 bits per heavy atom. The monoisotopic (exact) mass is 361 g/mol. The van der Waals surface area contributed by atoms with Crippen LogP contribution in [0, 0.1) is 34.6 Å². The molecule has 5 heteroatoms. The van der Waals surface area contributed by atoms with E-state index >= 15 is 0 Å². The van der Waals surface area contributed by atoms with Crippen LogP contribution in [0.3, 0.4) is 0 Å². The number of aliphatic carboxylic acids is 1. The van der Waals surface area contributed by atoms with Gasteiger partial charge in [-0.2, -0.15) is 27.8 Å². The summed E-state index contributed by atoms with van der Waals surface area (Å²) in [4.78, 5) is 9.46. The van der Waals surface area contributed by atoms with Gasteiger partial charge in [0.2, 0.25) is 0 Å². The zero-order valence-corrected chi connectivity index (χ0v) is 14.1. The summed E-state index contributed by atoms with van der Waals surface area (Å²) in [6.07, 6.45) is 0. The molecule has 0 fully saturated rings. The zero-order valence-electron chi connectivity index (χ0n) is 11.7. The molecule has 18 heavy (non-hydrogen) atoms. The summed E-state index contributed by atoms with van der Waals surface area (Å²) in [7, 11) is 4.53. The fraction of sp³-hybridized carbons (Fsp3) is 0.538. The molecule has 0 radical (unpaired) electrons. The molecule has 0 saturated carbocycles. The second-order valence-electron chi connectivity index (χ2n) is 4.23. The zero-order chi connectivity index (χ0) is 15.0. The standard InChI is InChI=1S/C10H15.C3H7NO2.ClH.Rh/c1-6-7(2)9(4)10(5)8(6)3;1-2(4)3(5)6;;/h1-5H3;2H,4H2,1H3,(H,5,6);1H;/q-1;;;+3/p-2/t;2-;;/m.0../s1. The fourth-order valence-electron chi connectivity index (χ4n) is 1.41. The number of hydrogen-bond donors (Lipinski definition) is 1. The third-order valence-electron chi connectivity index (χ3n) is 3.18. The van der Waals surface area contributed by atoms with Crippen LogP contribution >= 0.6 is 9.69 Å². The number of carboxylic acids is 1. The van der Waals surface area contributed by atoms with E-state index in [4.69, 9.17) is 5.73 Å². The van der Waals surface area contributed by atoms with Crippen molar-refractivity contribution < 1.29 is 27.2 Å². The number of halogens is 1. The predicted molar refractivity (Wildman–Crippen MR) is 70.2 cm³/mol. The number of carboxylic acid groups (broad SMARTS) is 1. The quantitative estimate of drug-likeness (QED) is 0.612. The molecule has 1 rings (SSSR count). The van der Waals surface area contributed by atoms with Crippen molar-refractivity contribution in [3.63, 3.8) is 0 Å². The second kappa shape index (κ2) is 9.60. The molecular formula is C13H21ClNO2Rh. The molecule has 1 aromatic carbocycles. The molecule has 0 amide bonds. The first-order valence-corrected chi connectivity index (χ1v) is 7.59. The summed E-state index contributed by atoms with van der Waals surface area (Å²) < 4.78 is 0. The van der Waals surface area contributed by atoms with Gasteiger partial charge in [0, 0.05) is 6.04 Å². The molecule has 0 saturated heterocycles. The van der Waals surface area contributed by atoms with Crippen LogP contribution < -0.4 is 10.8 Å².